The number of likely N-dealkylation sites (tertiary alicyclic amines) is 1. The first kappa shape index (κ1) is 22.6. The first-order chi connectivity index (χ1) is 15.5. The third-order valence-electron chi connectivity index (χ3n) is 7.11. The number of rotatable bonds is 7. The zero-order valence-electron chi connectivity index (χ0n) is 19.0. The number of amides is 1. The second kappa shape index (κ2) is 9.92. The van der Waals surface area contributed by atoms with E-state index in [4.69, 9.17) is 9.47 Å². The molecule has 0 radical (unpaired) electrons. The van der Waals surface area contributed by atoms with Crippen LogP contribution in [0.3, 0.4) is 0 Å². The van der Waals surface area contributed by atoms with Crippen LogP contribution in [0.2, 0.25) is 0 Å². The summed E-state index contributed by atoms with van der Waals surface area (Å²) in [4.78, 5) is 15.1. The number of nitrogens with zero attached hydrogens (tertiary/aromatic N) is 1. The molecule has 1 saturated carbocycles. The van der Waals surface area contributed by atoms with Crippen LogP contribution in [0.15, 0.2) is 48.5 Å². The van der Waals surface area contributed by atoms with Gasteiger partial charge in [0.2, 0.25) is 5.91 Å². The Labute approximate surface area is 190 Å². The third kappa shape index (κ3) is 4.76. The van der Waals surface area contributed by atoms with Crippen LogP contribution in [0.25, 0.3) is 0 Å². The van der Waals surface area contributed by atoms with E-state index in [1.54, 1.807) is 14.2 Å². The lowest BCUT2D eigenvalue weighted by Gasteiger charge is -2.52. The Balaban J connectivity index is 1.58. The number of methoxy groups -OCH3 is 2. The van der Waals surface area contributed by atoms with Gasteiger partial charge < -0.3 is 19.9 Å². The van der Waals surface area contributed by atoms with Crippen molar-refractivity contribution >= 4 is 5.91 Å². The summed E-state index contributed by atoms with van der Waals surface area (Å²) in [6.45, 7) is 1.47. The summed E-state index contributed by atoms with van der Waals surface area (Å²) < 4.78 is 11.1. The SMILES string of the molecule is COc1ccc(C2C3CCCCC3(O)CCN2CC(=O)NCc2ccccc2)c(OC)c1. The lowest BCUT2D eigenvalue weighted by atomic mass is 9.66. The topological polar surface area (TPSA) is 71.0 Å². The lowest BCUT2D eigenvalue weighted by molar-refractivity contribution is -0.138. The van der Waals surface area contributed by atoms with Gasteiger partial charge in [0.15, 0.2) is 0 Å². The number of benzene rings is 2. The van der Waals surface area contributed by atoms with Crippen molar-refractivity contribution in [1.29, 1.82) is 0 Å². The summed E-state index contributed by atoms with van der Waals surface area (Å²) in [6.07, 6.45) is 4.60. The van der Waals surface area contributed by atoms with Gasteiger partial charge in [0.25, 0.3) is 0 Å². The first-order valence-electron chi connectivity index (χ1n) is 11.5. The fourth-order valence-corrected chi connectivity index (χ4v) is 5.43. The molecule has 3 unspecified atom stereocenters. The molecule has 1 saturated heterocycles. The predicted octanol–water partition coefficient (Wildman–Crippen LogP) is 3.69. The second-order valence-electron chi connectivity index (χ2n) is 8.99. The molecular weight excluding hydrogens is 404 g/mol. The molecule has 0 aromatic heterocycles. The van der Waals surface area contributed by atoms with Crippen molar-refractivity contribution in [3.05, 3.63) is 59.7 Å². The van der Waals surface area contributed by atoms with Gasteiger partial charge in [-0.25, -0.2) is 0 Å². The molecule has 32 heavy (non-hydrogen) atoms. The third-order valence-corrected chi connectivity index (χ3v) is 7.11. The largest absolute Gasteiger partial charge is 0.497 e. The molecule has 6 heteroatoms. The molecule has 2 fully saturated rings. The molecule has 2 aromatic carbocycles. The highest BCUT2D eigenvalue weighted by Gasteiger charge is 2.49. The summed E-state index contributed by atoms with van der Waals surface area (Å²) >= 11 is 0. The summed E-state index contributed by atoms with van der Waals surface area (Å²) in [6, 6.07) is 15.7. The summed E-state index contributed by atoms with van der Waals surface area (Å²) in [5, 5.41) is 14.6. The van der Waals surface area contributed by atoms with E-state index in [2.05, 4.69) is 10.2 Å². The molecule has 0 bridgehead atoms. The maximum Gasteiger partial charge on any atom is 0.234 e. The van der Waals surface area contributed by atoms with Gasteiger partial charge in [-0.15, -0.1) is 0 Å². The normalized spacial score (nSPS) is 25.6. The van der Waals surface area contributed by atoms with E-state index < -0.39 is 5.60 Å². The van der Waals surface area contributed by atoms with Crippen molar-refractivity contribution in [2.24, 2.45) is 5.92 Å². The van der Waals surface area contributed by atoms with Gasteiger partial charge in [0, 0.05) is 36.7 Å². The summed E-state index contributed by atoms with van der Waals surface area (Å²) in [5.41, 5.74) is 1.40. The van der Waals surface area contributed by atoms with Gasteiger partial charge in [-0.3, -0.25) is 9.69 Å². The average Bonchev–Trinajstić information content (AvgIpc) is 2.83. The van der Waals surface area contributed by atoms with Gasteiger partial charge in [-0.2, -0.15) is 0 Å². The number of aliphatic hydroxyl groups is 1. The van der Waals surface area contributed by atoms with Crippen LogP contribution in [0.5, 0.6) is 11.5 Å². The monoisotopic (exact) mass is 438 g/mol. The standard InChI is InChI=1S/C26H34N2O4/c1-31-20-11-12-21(23(16-20)32-2)25-22-10-6-7-13-26(22,30)14-15-28(25)18-24(29)27-17-19-8-4-3-5-9-19/h3-5,8-9,11-12,16,22,25,30H,6-7,10,13-15,17-18H2,1-2H3,(H,27,29). The average molecular weight is 439 g/mol. The van der Waals surface area contributed by atoms with Gasteiger partial charge in [-0.05, 0) is 30.9 Å². The number of piperidine rings is 1. The molecule has 2 aliphatic rings. The molecule has 1 amide bonds. The second-order valence-corrected chi connectivity index (χ2v) is 8.99. The lowest BCUT2D eigenvalue weighted by Crippen LogP contribution is -2.56. The number of carbonyl (C=O) groups is 1. The van der Waals surface area contributed by atoms with Crippen LogP contribution in [0, 0.1) is 5.92 Å². The van der Waals surface area contributed by atoms with Crippen molar-refractivity contribution < 1.29 is 19.4 Å². The molecule has 0 spiro atoms. The smallest absolute Gasteiger partial charge is 0.234 e. The quantitative estimate of drug-likeness (QED) is 0.690. The Bertz CT molecular complexity index is 919. The van der Waals surface area contributed by atoms with Crippen LogP contribution in [0.1, 0.15) is 49.3 Å². The van der Waals surface area contributed by atoms with Crippen LogP contribution in [0.4, 0.5) is 0 Å². The minimum absolute atomic E-state index is 0.00687. The number of hydrogen-bond acceptors (Lipinski definition) is 5. The van der Waals surface area contributed by atoms with Gasteiger partial charge in [0.05, 0.1) is 26.4 Å². The van der Waals surface area contributed by atoms with Gasteiger partial charge in [0.1, 0.15) is 11.5 Å². The Morgan fingerprint density at radius 3 is 2.69 bits per heavy atom. The highest BCUT2D eigenvalue weighted by Crippen LogP contribution is 2.51. The zero-order chi connectivity index (χ0) is 22.6. The minimum atomic E-state index is -0.690. The number of fused-ring (bicyclic) bond motifs is 1. The molecule has 6 nitrogen and oxygen atoms in total. The van der Waals surface area contributed by atoms with E-state index in [-0.39, 0.29) is 17.9 Å². The van der Waals surface area contributed by atoms with Crippen LogP contribution >= 0.6 is 0 Å². The maximum absolute atomic E-state index is 12.9. The fraction of sp³-hybridized carbons (Fsp3) is 0.500. The molecule has 1 aliphatic carbocycles. The van der Waals surface area contributed by atoms with E-state index in [0.29, 0.717) is 26.1 Å². The van der Waals surface area contributed by atoms with Crippen molar-refractivity contribution in [3.8, 4) is 11.5 Å². The van der Waals surface area contributed by atoms with Gasteiger partial charge in [-0.1, -0.05) is 49.2 Å². The van der Waals surface area contributed by atoms with E-state index >= 15 is 0 Å². The van der Waals surface area contributed by atoms with Crippen molar-refractivity contribution in [3.63, 3.8) is 0 Å². The van der Waals surface area contributed by atoms with E-state index in [1.807, 2.05) is 48.5 Å². The highest BCUT2D eigenvalue weighted by molar-refractivity contribution is 5.78. The number of nitrogens with one attached hydrogen (secondary N) is 1. The van der Waals surface area contributed by atoms with Gasteiger partial charge >= 0.3 is 0 Å². The minimum Gasteiger partial charge on any atom is -0.497 e. The van der Waals surface area contributed by atoms with Crippen molar-refractivity contribution in [2.75, 3.05) is 27.3 Å². The van der Waals surface area contributed by atoms with E-state index in [1.165, 1.54) is 0 Å². The number of carbonyl (C=O) groups excluding carboxylic acids is 1. The fourth-order valence-electron chi connectivity index (χ4n) is 5.43. The number of ether oxygens (including phenoxy) is 2. The van der Waals surface area contributed by atoms with Crippen LogP contribution in [-0.4, -0.2) is 48.8 Å². The van der Waals surface area contributed by atoms with E-state index in [9.17, 15) is 9.90 Å². The molecule has 2 aromatic rings. The predicted molar refractivity (Wildman–Crippen MR) is 124 cm³/mol. The maximum atomic E-state index is 12.9. The zero-order valence-corrected chi connectivity index (χ0v) is 19.0. The van der Waals surface area contributed by atoms with Crippen LogP contribution < -0.4 is 14.8 Å². The molecule has 172 valence electrons. The first-order valence-corrected chi connectivity index (χ1v) is 11.5. The Morgan fingerprint density at radius 1 is 1.12 bits per heavy atom. The Hall–Kier alpha value is -2.57. The molecule has 1 aliphatic heterocycles. The highest BCUT2D eigenvalue weighted by atomic mass is 16.5. The van der Waals surface area contributed by atoms with Crippen molar-refractivity contribution in [2.45, 2.75) is 50.3 Å². The van der Waals surface area contributed by atoms with Crippen molar-refractivity contribution in [1.82, 2.24) is 10.2 Å². The molecule has 2 N–H and O–H groups in total. The summed E-state index contributed by atoms with van der Waals surface area (Å²) in [7, 11) is 3.30. The Kier molecular flexibility index (Phi) is 7.01. The molecule has 1 heterocycles. The number of hydrogen-bond donors (Lipinski definition) is 2. The van der Waals surface area contributed by atoms with E-state index in [0.717, 1.165) is 48.3 Å². The van der Waals surface area contributed by atoms with Crippen LogP contribution in [-0.2, 0) is 11.3 Å². The molecule has 3 atom stereocenters. The molecule has 4 rings (SSSR count). The Morgan fingerprint density at radius 2 is 1.94 bits per heavy atom. The summed E-state index contributed by atoms with van der Waals surface area (Å²) in [5.74, 6) is 1.52. The molecular formula is C26H34N2O4.